The molecule has 11 nitrogen and oxygen atoms in total. The number of alkyl halides is 1. The number of benzene rings is 1. The Labute approximate surface area is 239 Å². The molecule has 204 valence electrons. The van der Waals surface area contributed by atoms with Gasteiger partial charge in [0.1, 0.15) is 28.2 Å². The number of halogens is 2. The lowest BCUT2D eigenvalue weighted by molar-refractivity contribution is -0.118. The molecule has 0 radical (unpaired) electrons. The van der Waals surface area contributed by atoms with Crippen molar-refractivity contribution in [3.63, 3.8) is 0 Å². The zero-order chi connectivity index (χ0) is 27.4. The van der Waals surface area contributed by atoms with E-state index in [1.807, 2.05) is 32.0 Å². The molecule has 0 spiro atoms. The number of nitrogens with one attached hydrogen (secondary N) is 2. The van der Waals surface area contributed by atoms with Crippen LogP contribution in [0, 0.1) is 13.8 Å². The topological polar surface area (TPSA) is 125 Å². The summed E-state index contributed by atoms with van der Waals surface area (Å²) in [5, 5.41) is 15.7. The number of piperazine rings is 1. The Morgan fingerprint density at radius 2 is 1.92 bits per heavy atom. The quantitative estimate of drug-likeness (QED) is 0.276. The molecule has 14 heteroatoms. The summed E-state index contributed by atoms with van der Waals surface area (Å²) >= 11 is 13.3. The van der Waals surface area contributed by atoms with Crippen LogP contribution in [0.4, 0.5) is 16.8 Å². The Morgan fingerprint density at radius 3 is 2.69 bits per heavy atom. The molecule has 1 aliphatic heterocycles. The maximum Gasteiger partial charge on any atom is 0.259 e. The molecule has 1 saturated heterocycles. The summed E-state index contributed by atoms with van der Waals surface area (Å²) in [4.78, 5) is 30.2. The molecule has 5 rings (SSSR count). The second-order valence-electron chi connectivity index (χ2n) is 8.97. The minimum atomic E-state index is -0.145. The molecule has 4 heterocycles. The molecular formula is C25H27Cl2N9O2S. The first-order valence-electron chi connectivity index (χ1n) is 12.4. The molecule has 0 aliphatic carbocycles. The summed E-state index contributed by atoms with van der Waals surface area (Å²) < 4.78 is 5.92. The van der Waals surface area contributed by atoms with Crippen LogP contribution in [0.5, 0.6) is 0 Å². The maximum absolute atomic E-state index is 11.3. The number of anilines is 3. The van der Waals surface area contributed by atoms with E-state index in [2.05, 4.69) is 45.6 Å². The number of hydrogen-bond donors (Lipinski definition) is 2. The van der Waals surface area contributed by atoms with Crippen molar-refractivity contribution in [2.24, 2.45) is 0 Å². The molecule has 0 atom stereocenters. The van der Waals surface area contributed by atoms with Gasteiger partial charge in [0.05, 0.1) is 16.8 Å². The maximum atomic E-state index is 11.3. The highest BCUT2D eigenvalue weighted by Crippen LogP contribution is 2.35. The van der Waals surface area contributed by atoms with Crippen molar-refractivity contribution in [2.75, 3.05) is 55.4 Å². The van der Waals surface area contributed by atoms with E-state index >= 15 is 0 Å². The zero-order valence-corrected chi connectivity index (χ0v) is 23.8. The minimum absolute atomic E-state index is 0.0132. The number of carbonyl (C=O) groups is 1. The van der Waals surface area contributed by atoms with E-state index in [0.717, 1.165) is 54.5 Å². The summed E-state index contributed by atoms with van der Waals surface area (Å²) in [5.74, 6) is 2.75. The van der Waals surface area contributed by atoms with Crippen LogP contribution in [0.2, 0.25) is 5.02 Å². The van der Waals surface area contributed by atoms with Crippen molar-refractivity contribution in [3.8, 4) is 22.2 Å². The van der Waals surface area contributed by atoms with Gasteiger partial charge >= 0.3 is 0 Å². The van der Waals surface area contributed by atoms with Crippen LogP contribution in [0.15, 0.2) is 34.9 Å². The first-order valence-corrected chi connectivity index (χ1v) is 14.1. The second kappa shape index (κ2) is 12.2. The Morgan fingerprint density at radius 1 is 1.13 bits per heavy atom. The van der Waals surface area contributed by atoms with E-state index in [4.69, 9.17) is 27.6 Å². The van der Waals surface area contributed by atoms with Crippen molar-refractivity contribution in [1.82, 2.24) is 35.4 Å². The van der Waals surface area contributed by atoms with Gasteiger partial charge in [0, 0.05) is 45.3 Å². The number of hydrogen-bond acceptors (Lipinski definition) is 11. The Hall–Kier alpha value is -3.32. The number of rotatable bonds is 9. The van der Waals surface area contributed by atoms with Gasteiger partial charge in [0.2, 0.25) is 11.8 Å². The SMILES string of the molecule is Cc1nc(Nc2ncc(-c3nnc(-c4c(C)cccc4Cl)o3)s2)cc(N2CCN(CCNC(=O)CCl)CC2)n1. The summed E-state index contributed by atoms with van der Waals surface area (Å²) in [5.41, 5.74) is 1.68. The van der Waals surface area contributed by atoms with Crippen LogP contribution >= 0.6 is 34.5 Å². The van der Waals surface area contributed by atoms with Crippen molar-refractivity contribution >= 4 is 57.2 Å². The highest BCUT2D eigenvalue weighted by atomic mass is 35.5. The van der Waals surface area contributed by atoms with Crippen LogP contribution in [-0.2, 0) is 4.79 Å². The fourth-order valence-corrected chi connectivity index (χ4v) is 5.39. The first-order chi connectivity index (χ1) is 18.9. The summed E-state index contributed by atoms with van der Waals surface area (Å²) in [6.45, 7) is 8.59. The smallest absolute Gasteiger partial charge is 0.259 e. The first kappa shape index (κ1) is 27.3. The molecule has 1 fully saturated rings. The lowest BCUT2D eigenvalue weighted by Crippen LogP contribution is -2.48. The molecule has 1 aliphatic rings. The summed E-state index contributed by atoms with van der Waals surface area (Å²) in [6.07, 6.45) is 1.69. The van der Waals surface area contributed by atoms with Crippen molar-refractivity contribution in [1.29, 1.82) is 0 Å². The predicted molar refractivity (Wildman–Crippen MR) is 153 cm³/mol. The van der Waals surface area contributed by atoms with E-state index in [1.54, 1.807) is 12.3 Å². The number of aromatic nitrogens is 5. The summed E-state index contributed by atoms with van der Waals surface area (Å²) in [6, 6.07) is 7.55. The number of carbonyl (C=O) groups excluding carboxylic acids is 1. The normalized spacial score (nSPS) is 14.0. The minimum Gasteiger partial charge on any atom is -0.415 e. The van der Waals surface area contributed by atoms with Gasteiger partial charge in [-0.05, 0) is 25.5 Å². The Bertz CT molecular complexity index is 1430. The number of nitrogens with zero attached hydrogens (tertiary/aromatic N) is 7. The monoisotopic (exact) mass is 587 g/mol. The molecule has 1 amide bonds. The third kappa shape index (κ3) is 6.64. The molecule has 0 unspecified atom stereocenters. The van der Waals surface area contributed by atoms with Crippen molar-refractivity contribution in [3.05, 3.63) is 46.9 Å². The molecule has 1 aromatic carbocycles. The third-order valence-electron chi connectivity index (χ3n) is 6.20. The molecule has 0 bridgehead atoms. The van der Waals surface area contributed by atoms with Gasteiger partial charge in [-0.3, -0.25) is 9.69 Å². The zero-order valence-electron chi connectivity index (χ0n) is 21.4. The molecule has 0 saturated carbocycles. The molecule has 3 aromatic heterocycles. The highest BCUT2D eigenvalue weighted by Gasteiger charge is 2.20. The Kier molecular flexibility index (Phi) is 8.56. The summed E-state index contributed by atoms with van der Waals surface area (Å²) in [7, 11) is 0. The standard InChI is InChI=1S/C25H27Cl2N9O2S/c1-15-4-3-5-17(27)22(15)24-34-33-23(38-24)18-14-29-25(39-18)32-19-12-20(31-16(2)30-19)36-10-8-35(9-11-36)7-6-28-21(37)13-26/h3-5,12,14H,6-11,13H2,1-2H3,(H,28,37)(H,29,30,31,32). The molecule has 39 heavy (non-hydrogen) atoms. The van der Waals surface area contributed by atoms with Crippen molar-refractivity contribution < 1.29 is 9.21 Å². The lowest BCUT2D eigenvalue weighted by atomic mass is 10.1. The average molecular weight is 589 g/mol. The average Bonchev–Trinajstić information content (AvgIpc) is 3.59. The largest absolute Gasteiger partial charge is 0.415 e. The fourth-order valence-electron chi connectivity index (χ4n) is 4.25. The number of thiazole rings is 1. The third-order valence-corrected chi connectivity index (χ3v) is 7.66. The fraction of sp³-hybridized carbons (Fsp3) is 0.360. The predicted octanol–water partition coefficient (Wildman–Crippen LogP) is 4.14. The van der Waals surface area contributed by atoms with Gasteiger partial charge in [0.25, 0.3) is 5.89 Å². The van der Waals surface area contributed by atoms with Gasteiger partial charge in [0.15, 0.2) is 5.13 Å². The van der Waals surface area contributed by atoms with E-state index in [-0.39, 0.29) is 11.8 Å². The van der Waals surface area contributed by atoms with Gasteiger partial charge in [-0.15, -0.1) is 21.8 Å². The van der Waals surface area contributed by atoms with Crippen LogP contribution in [0.3, 0.4) is 0 Å². The lowest BCUT2D eigenvalue weighted by Gasteiger charge is -2.35. The van der Waals surface area contributed by atoms with Gasteiger partial charge < -0.3 is 20.0 Å². The van der Waals surface area contributed by atoms with Crippen molar-refractivity contribution in [2.45, 2.75) is 13.8 Å². The van der Waals surface area contributed by atoms with Gasteiger partial charge in [-0.1, -0.05) is 35.1 Å². The molecule has 2 N–H and O–H groups in total. The highest BCUT2D eigenvalue weighted by molar-refractivity contribution is 7.18. The number of amides is 1. The van der Waals surface area contributed by atoms with Crippen LogP contribution in [-0.4, -0.2) is 81.1 Å². The second-order valence-corrected chi connectivity index (χ2v) is 10.7. The Balaban J connectivity index is 1.22. The molecule has 4 aromatic rings. The number of aryl methyl sites for hydroxylation is 2. The van der Waals surface area contributed by atoms with Crippen LogP contribution in [0.25, 0.3) is 22.2 Å². The van der Waals surface area contributed by atoms with E-state index in [1.165, 1.54) is 11.3 Å². The van der Waals surface area contributed by atoms with E-state index < -0.39 is 0 Å². The molecular weight excluding hydrogens is 561 g/mol. The van der Waals surface area contributed by atoms with Crippen LogP contribution < -0.4 is 15.5 Å². The van der Waals surface area contributed by atoms with E-state index in [0.29, 0.717) is 40.1 Å². The van der Waals surface area contributed by atoms with Gasteiger partial charge in [-0.2, -0.15) is 0 Å². The van der Waals surface area contributed by atoms with Gasteiger partial charge in [-0.25, -0.2) is 15.0 Å². The van der Waals surface area contributed by atoms with E-state index in [9.17, 15) is 4.79 Å². The van der Waals surface area contributed by atoms with Crippen LogP contribution in [0.1, 0.15) is 11.4 Å².